The van der Waals surface area contributed by atoms with Gasteiger partial charge in [-0.2, -0.15) is 5.10 Å². The van der Waals surface area contributed by atoms with Gasteiger partial charge in [-0.15, -0.1) is 6.58 Å². The molecule has 3 aromatic rings. The highest BCUT2D eigenvalue weighted by Crippen LogP contribution is 2.42. The van der Waals surface area contributed by atoms with Crippen LogP contribution in [0.15, 0.2) is 43.2 Å². The van der Waals surface area contributed by atoms with Gasteiger partial charge in [-0.25, -0.2) is 14.8 Å². The van der Waals surface area contributed by atoms with E-state index in [9.17, 15) is 4.79 Å². The Bertz CT molecular complexity index is 1150. The first kappa shape index (κ1) is 21.9. The van der Waals surface area contributed by atoms with Crippen molar-refractivity contribution in [1.29, 1.82) is 0 Å². The molecular weight excluding hydrogens is 453 g/mol. The third-order valence-electron chi connectivity index (χ3n) is 4.88. The molecule has 0 radical (unpaired) electrons. The Morgan fingerprint density at radius 1 is 1.31 bits per heavy atom. The van der Waals surface area contributed by atoms with Crippen molar-refractivity contribution in [3.05, 3.63) is 64.6 Å². The molecule has 3 N–H and O–H groups in total. The van der Waals surface area contributed by atoms with Crippen molar-refractivity contribution in [2.75, 3.05) is 18.9 Å². The van der Waals surface area contributed by atoms with E-state index in [2.05, 4.69) is 27.0 Å². The van der Waals surface area contributed by atoms with Gasteiger partial charge < -0.3 is 20.7 Å². The highest BCUT2D eigenvalue weighted by atomic mass is 35.5. The molecule has 0 saturated carbocycles. The third kappa shape index (κ3) is 4.63. The van der Waals surface area contributed by atoms with Crippen LogP contribution in [-0.4, -0.2) is 43.8 Å². The molecule has 0 atom stereocenters. The van der Waals surface area contributed by atoms with Crippen molar-refractivity contribution < 1.29 is 9.53 Å². The number of fused-ring (bicyclic) bond motifs is 1. The predicted molar refractivity (Wildman–Crippen MR) is 122 cm³/mol. The van der Waals surface area contributed by atoms with Crippen molar-refractivity contribution in [2.45, 2.75) is 19.6 Å². The average Bonchev–Trinajstić information content (AvgIpc) is 3.41. The smallest absolute Gasteiger partial charge is 0.318 e. The number of nitrogens with zero attached hydrogens (tertiary/aromatic N) is 5. The van der Waals surface area contributed by atoms with Crippen molar-refractivity contribution in [3.8, 4) is 17.0 Å². The molecule has 32 heavy (non-hydrogen) atoms. The maximum atomic E-state index is 12.4. The largest absolute Gasteiger partial charge is 0.491 e. The number of ether oxygens (including phenoxy) is 1. The SMILES string of the molecule is C=CCNC(=O)N1Cc2nc(N)nc(-c3c(Cl)cc(Cl)cc3OCCn3cccn3)c2C1. The minimum atomic E-state index is -0.231. The number of carbonyl (C=O) groups is 1. The van der Waals surface area contributed by atoms with E-state index in [0.717, 1.165) is 5.56 Å². The number of halogens is 2. The Morgan fingerprint density at radius 3 is 2.91 bits per heavy atom. The molecule has 1 aliphatic heterocycles. The second-order valence-corrected chi connectivity index (χ2v) is 7.91. The Kier molecular flexibility index (Phi) is 6.48. The summed E-state index contributed by atoms with van der Waals surface area (Å²) in [4.78, 5) is 22.8. The minimum Gasteiger partial charge on any atom is -0.491 e. The van der Waals surface area contributed by atoms with Gasteiger partial charge in [0.25, 0.3) is 0 Å². The maximum Gasteiger partial charge on any atom is 0.318 e. The van der Waals surface area contributed by atoms with Crippen molar-refractivity contribution in [1.82, 2.24) is 30.0 Å². The lowest BCUT2D eigenvalue weighted by Crippen LogP contribution is -2.36. The topological polar surface area (TPSA) is 111 Å². The fourth-order valence-electron chi connectivity index (χ4n) is 3.47. The molecule has 11 heteroatoms. The van der Waals surface area contributed by atoms with Crippen LogP contribution in [0, 0.1) is 0 Å². The monoisotopic (exact) mass is 473 g/mol. The summed E-state index contributed by atoms with van der Waals surface area (Å²) in [5.74, 6) is 0.546. The number of benzene rings is 1. The average molecular weight is 474 g/mol. The molecular formula is C21H21Cl2N7O2. The first-order valence-electron chi connectivity index (χ1n) is 9.85. The van der Waals surface area contributed by atoms with E-state index < -0.39 is 0 Å². The number of amides is 2. The van der Waals surface area contributed by atoms with Crippen LogP contribution in [0.1, 0.15) is 11.3 Å². The lowest BCUT2D eigenvalue weighted by Gasteiger charge is -2.17. The maximum absolute atomic E-state index is 12.4. The highest BCUT2D eigenvalue weighted by Gasteiger charge is 2.30. The molecule has 0 saturated heterocycles. The first-order chi connectivity index (χ1) is 15.5. The van der Waals surface area contributed by atoms with Gasteiger partial charge in [0.2, 0.25) is 5.95 Å². The van der Waals surface area contributed by atoms with Crippen LogP contribution in [0.2, 0.25) is 10.0 Å². The second kappa shape index (κ2) is 9.46. The van der Waals surface area contributed by atoms with E-state index >= 15 is 0 Å². The molecule has 4 rings (SSSR count). The summed E-state index contributed by atoms with van der Waals surface area (Å²) in [5.41, 5.74) is 8.48. The number of carbonyl (C=O) groups excluding carboxylic acids is 1. The minimum absolute atomic E-state index is 0.0839. The summed E-state index contributed by atoms with van der Waals surface area (Å²) >= 11 is 12.8. The molecule has 9 nitrogen and oxygen atoms in total. The lowest BCUT2D eigenvalue weighted by molar-refractivity contribution is 0.199. The fraction of sp³-hybridized carbons (Fsp3) is 0.238. The Hall–Kier alpha value is -3.30. The summed E-state index contributed by atoms with van der Waals surface area (Å²) in [7, 11) is 0. The van der Waals surface area contributed by atoms with E-state index in [4.69, 9.17) is 33.7 Å². The van der Waals surface area contributed by atoms with Crippen LogP contribution in [0.25, 0.3) is 11.3 Å². The van der Waals surface area contributed by atoms with Gasteiger partial charge in [-0.05, 0) is 18.2 Å². The quantitative estimate of drug-likeness (QED) is 0.507. The van der Waals surface area contributed by atoms with Crippen LogP contribution in [-0.2, 0) is 19.6 Å². The number of hydrogen-bond acceptors (Lipinski definition) is 6. The zero-order chi connectivity index (χ0) is 22.7. The van der Waals surface area contributed by atoms with E-state index in [0.29, 0.717) is 65.5 Å². The van der Waals surface area contributed by atoms with Crippen LogP contribution in [0.5, 0.6) is 5.75 Å². The van der Waals surface area contributed by atoms with Gasteiger partial charge in [-0.3, -0.25) is 4.68 Å². The number of urea groups is 1. The standard InChI is InChI=1S/C21H21Cl2N7O2/c1-2-4-25-21(31)29-11-14-16(12-29)27-20(24)28-19(14)18-15(23)9-13(22)10-17(18)32-8-7-30-6-3-5-26-30/h2-3,5-6,9-10H,1,4,7-8,11-12H2,(H,25,31)(H2,24,27,28). The Labute approximate surface area is 194 Å². The predicted octanol–water partition coefficient (Wildman–Crippen LogP) is 3.52. The summed E-state index contributed by atoms with van der Waals surface area (Å²) in [6.07, 6.45) is 5.16. The lowest BCUT2D eigenvalue weighted by atomic mass is 10.0. The molecule has 0 aliphatic carbocycles. The summed E-state index contributed by atoms with van der Waals surface area (Å²) in [6.45, 7) is 5.47. The zero-order valence-corrected chi connectivity index (χ0v) is 18.6. The number of nitrogen functional groups attached to an aromatic ring is 1. The summed E-state index contributed by atoms with van der Waals surface area (Å²) < 4.78 is 7.77. The third-order valence-corrected chi connectivity index (χ3v) is 5.39. The van der Waals surface area contributed by atoms with Crippen molar-refractivity contribution in [2.24, 2.45) is 0 Å². The van der Waals surface area contributed by atoms with Gasteiger partial charge in [0.05, 0.1) is 41.6 Å². The van der Waals surface area contributed by atoms with E-state index in [-0.39, 0.29) is 12.0 Å². The molecule has 0 spiro atoms. The number of nitrogens with one attached hydrogen (secondary N) is 1. The Morgan fingerprint density at radius 2 is 2.16 bits per heavy atom. The number of nitrogens with two attached hydrogens (primary N) is 1. The Balaban J connectivity index is 1.67. The van der Waals surface area contributed by atoms with Gasteiger partial charge >= 0.3 is 6.03 Å². The van der Waals surface area contributed by atoms with Crippen molar-refractivity contribution >= 4 is 35.2 Å². The normalized spacial score (nSPS) is 12.5. The van der Waals surface area contributed by atoms with E-state index in [1.165, 1.54) is 0 Å². The number of anilines is 1. The summed E-state index contributed by atoms with van der Waals surface area (Å²) in [6, 6.07) is 4.91. The molecule has 2 amide bonds. The second-order valence-electron chi connectivity index (χ2n) is 7.06. The number of aromatic nitrogens is 4. The number of hydrogen-bond donors (Lipinski definition) is 2. The molecule has 3 heterocycles. The van der Waals surface area contributed by atoms with Gasteiger partial charge in [-0.1, -0.05) is 29.3 Å². The fourth-order valence-corrected chi connectivity index (χ4v) is 4.04. The molecule has 1 aromatic carbocycles. The molecule has 1 aliphatic rings. The zero-order valence-electron chi connectivity index (χ0n) is 17.1. The van der Waals surface area contributed by atoms with Gasteiger partial charge in [0, 0.05) is 29.5 Å². The van der Waals surface area contributed by atoms with E-state index in [1.807, 2.05) is 12.3 Å². The highest BCUT2D eigenvalue weighted by molar-refractivity contribution is 6.37. The van der Waals surface area contributed by atoms with Crippen molar-refractivity contribution in [3.63, 3.8) is 0 Å². The van der Waals surface area contributed by atoms with E-state index in [1.54, 1.807) is 34.0 Å². The molecule has 2 aromatic heterocycles. The van der Waals surface area contributed by atoms with Crippen LogP contribution < -0.4 is 15.8 Å². The first-order valence-corrected chi connectivity index (χ1v) is 10.6. The number of rotatable bonds is 7. The summed E-state index contributed by atoms with van der Waals surface area (Å²) in [5, 5.41) is 7.72. The molecule has 0 bridgehead atoms. The van der Waals surface area contributed by atoms with Crippen LogP contribution in [0.3, 0.4) is 0 Å². The molecule has 166 valence electrons. The van der Waals surface area contributed by atoms with Gasteiger partial charge in [0.15, 0.2) is 0 Å². The van der Waals surface area contributed by atoms with Crippen LogP contribution in [0.4, 0.5) is 10.7 Å². The molecule has 0 unspecified atom stereocenters. The van der Waals surface area contributed by atoms with Gasteiger partial charge in [0.1, 0.15) is 12.4 Å². The molecule has 0 fully saturated rings. The van der Waals surface area contributed by atoms with Crippen LogP contribution >= 0.6 is 23.2 Å².